The van der Waals surface area contributed by atoms with Crippen molar-refractivity contribution in [3.05, 3.63) is 65.9 Å². The minimum atomic E-state index is -4.59. The van der Waals surface area contributed by atoms with Gasteiger partial charge in [-0.1, -0.05) is 52.2 Å². The topological polar surface area (TPSA) is 59.1 Å². The Hall–Kier alpha value is -3.29. The molecule has 0 saturated heterocycles. The van der Waals surface area contributed by atoms with E-state index in [2.05, 4.69) is 41.4 Å². The molecule has 0 unspecified atom stereocenters. The van der Waals surface area contributed by atoms with E-state index < -0.39 is 11.7 Å². The molecule has 0 spiro atoms. The second kappa shape index (κ2) is 11.7. The molecule has 0 fully saturated rings. The summed E-state index contributed by atoms with van der Waals surface area (Å²) >= 11 is 0. The number of hydrogen-bond acceptors (Lipinski definition) is 5. The van der Waals surface area contributed by atoms with Crippen molar-refractivity contribution in [2.75, 3.05) is 17.2 Å². The van der Waals surface area contributed by atoms with Gasteiger partial charge in [-0.3, -0.25) is 0 Å². The summed E-state index contributed by atoms with van der Waals surface area (Å²) in [7, 11) is 0. The van der Waals surface area contributed by atoms with Gasteiger partial charge in [0.05, 0.1) is 6.61 Å². The monoisotopic (exact) mass is 472 g/mol. The molecule has 5 nitrogen and oxygen atoms in total. The van der Waals surface area contributed by atoms with Gasteiger partial charge in [-0.2, -0.15) is 18.2 Å². The summed E-state index contributed by atoms with van der Waals surface area (Å²) in [6.45, 7) is 6.93. The van der Waals surface area contributed by atoms with Crippen LogP contribution in [0.4, 0.5) is 36.3 Å². The molecule has 3 rings (SSSR count). The number of ether oxygens (including phenoxy) is 1. The molecular weight excluding hydrogens is 441 g/mol. The van der Waals surface area contributed by atoms with Crippen molar-refractivity contribution in [1.82, 2.24) is 9.97 Å². The molecule has 0 amide bonds. The number of halogens is 3. The number of nitrogens with one attached hydrogen (secondary N) is 2. The number of alkyl halides is 3. The zero-order valence-electron chi connectivity index (χ0n) is 19.7. The number of nitrogens with zero attached hydrogens (tertiary/aromatic N) is 2. The lowest BCUT2D eigenvalue weighted by atomic mass is 10.0. The van der Waals surface area contributed by atoms with Crippen molar-refractivity contribution in [3.63, 3.8) is 0 Å². The minimum absolute atomic E-state index is 0.0579. The molecule has 0 aliphatic carbocycles. The van der Waals surface area contributed by atoms with E-state index in [1.165, 1.54) is 12.8 Å². The van der Waals surface area contributed by atoms with Gasteiger partial charge in [0.1, 0.15) is 17.1 Å². The SMILES string of the molecule is CCCCCCOc1ccc(Nc2ncc(C(F)(F)F)c(Nc3ccc(C(C)C)cc3)n2)cc1. The van der Waals surface area contributed by atoms with Crippen molar-refractivity contribution in [2.45, 2.75) is 58.5 Å². The van der Waals surface area contributed by atoms with Crippen LogP contribution in [0.2, 0.25) is 0 Å². The summed E-state index contributed by atoms with van der Waals surface area (Å²) < 4.78 is 46.3. The minimum Gasteiger partial charge on any atom is -0.494 e. The Balaban J connectivity index is 1.71. The normalized spacial score (nSPS) is 11.5. The highest BCUT2D eigenvalue weighted by Crippen LogP contribution is 2.35. The van der Waals surface area contributed by atoms with E-state index in [1.54, 1.807) is 24.3 Å². The third-order valence-electron chi connectivity index (χ3n) is 5.31. The Morgan fingerprint density at radius 3 is 2.15 bits per heavy atom. The molecule has 3 aromatic rings. The zero-order valence-corrected chi connectivity index (χ0v) is 19.7. The Bertz CT molecular complexity index is 1040. The molecule has 1 heterocycles. The Kier molecular flexibility index (Phi) is 8.73. The molecular formula is C26H31F3N4O. The summed E-state index contributed by atoms with van der Waals surface area (Å²) in [5.74, 6) is 0.812. The largest absolute Gasteiger partial charge is 0.494 e. The summed E-state index contributed by atoms with van der Waals surface area (Å²) in [5.41, 5.74) is 1.32. The maximum Gasteiger partial charge on any atom is 0.421 e. The van der Waals surface area contributed by atoms with Crippen LogP contribution in [0.15, 0.2) is 54.7 Å². The highest BCUT2D eigenvalue weighted by atomic mass is 19.4. The number of anilines is 4. The van der Waals surface area contributed by atoms with Crippen LogP contribution in [0.25, 0.3) is 0 Å². The zero-order chi connectivity index (χ0) is 24.6. The molecule has 8 heteroatoms. The van der Waals surface area contributed by atoms with Gasteiger partial charge in [-0.25, -0.2) is 4.98 Å². The molecule has 0 saturated carbocycles. The van der Waals surface area contributed by atoms with Gasteiger partial charge >= 0.3 is 6.18 Å². The molecule has 2 aromatic carbocycles. The van der Waals surface area contributed by atoms with Crippen LogP contribution in [-0.4, -0.2) is 16.6 Å². The van der Waals surface area contributed by atoms with Crippen molar-refractivity contribution < 1.29 is 17.9 Å². The van der Waals surface area contributed by atoms with Gasteiger partial charge in [-0.15, -0.1) is 0 Å². The van der Waals surface area contributed by atoms with Crippen molar-refractivity contribution >= 4 is 23.1 Å². The molecule has 0 aliphatic heterocycles. The van der Waals surface area contributed by atoms with Crippen molar-refractivity contribution in [1.29, 1.82) is 0 Å². The third kappa shape index (κ3) is 7.37. The van der Waals surface area contributed by atoms with Gasteiger partial charge in [0.15, 0.2) is 0 Å². The van der Waals surface area contributed by atoms with Crippen LogP contribution in [-0.2, 0) is 6.18 Å². The smallest absolute Gasteiger partial charge is 0.421 e. The van der Waals surface area contributed by atoms with Crippen molar-refractivity contribution in [3.8, 4) is 5.75 Å². The van der Waals surface area contributed by atoms with E-state index in [0.29, 0.717) is 23.9 Å². The van der Waals surface area contributed by atoms with Gasteiger partial charge in [0, 0.05) is 17.6 Å². The average molecular weight is 473 g/mol. The fourth-order valence-electron chi connectivity index (χ4n) is 3.32. The van der Waals surface area contributed by atoms with Gasteiger partial charge in [0.2, 0.25) is 5.95 Å². The third-order valence-corrected chi connectivity index (χ3v) is 5.31. The van der Waals surface area contributed by atoms with E-state index in [1.807, 2.05) is 24.3 Å². The van der Waals surface area contributed by atoms with E-state index in [4.69, 9.17) is 4.74 Å². The lowest BCUT2D eigenvalue weighted by Crippen LogP contribution is -2.12. The maximum atomic E-state index is 13.5. The fourth-order valence-corrected chi connectivity index (χ4v) is 3.32. The van der Waals surface area contributed by atoms with E-state index in [9.17, 15) is 13.2 Å². The first-order valence-electron chi connectivity index (χ1n) is 11.6. The number of rotatable bonds is 11. The summed E-state index contributed by atoms with van der Waals surface area (Å²) in [6, 6.07) is 14.4. The lowest BCUT2D eigenvalue weighted by molar-refractivity contribution is -0.137. The first kappa shape index (κ1) is 25.3. The van der Waals surface area contributed by atoms with Crippen LogP contribution in [0.1, 0.15) is 63.5 Å². The number of aromatic nitrogens is 2. The standard InChI is InChI=1S/C26H31F3N4O/c1-4-5-6-7-16-34-22-14-12-21(13-15-22)32-25-30-17-23(26(27,28)29)24(33-25)31-20-10-8-19(9-11-20)18(2)3/h8-15,17-18H,4-7,16H2,1-3H3,(H2,30,31,32,33). The summed E-state index contributed by atoms with van der Waals surface area (Å²) in [4.78, 5) is 7.97. The van der Waals surface area contributed by atoms with Crippen LogP contribution in [0, 0.1) is 0 Å². The predicted octanol–water partition coefficient (Wildman–Crippen LogP) is 8.07. The molecule has 182 valence electrons. The van der Waals surface area contributed by atoms with E-state index in [0.717, 1.165) is 30.4 Å². The number of hydrogen-bond donors (Lipinski definition) is 2. The van der Waals surface area contributed by atoms with Crippen molar-refractivity contribution in [2.24, 2.45) is 0 Å². The Morgan fingerprint density at radius 2 is 1.53 bits per heavy atom. The fraction of sp³-hybridized carbons (Fsp3) is 0.385. The quantitative estimate of drug-likeness (QED) is 0.276. The van der Waals surface area contributed by atoms with Gasteiger partial charge < -0.3 is 15.4 Å². The number of unbranched alkanes of at least 4 members (excludes halogenated alkanes) is 3. The van der Waals surface area contributed by atoms with E-state index >= 15 is 0 Å². The van der Waals surface area contributed by atoms with Crippen LogP contribution in [0.3, 0.4) is 0 Å². The Morgan fingerprint density at radius 1 is 0.882 bits per heavy atom. The molecule has 0 atom stereocenters. The highest BCUT2D eigenvalue weighted by molar-refractivity contribution is 5.63. The lowest BCUT2D eigenvalue weighted by Gasteiger charge is -2.15. The second-order valence-electron chi connectivity index (χ2n) is 8.41. The molecule has 0 bridgehead atoms. The summed E-state index contributed by atoms with van der Waals surface area (Å²) in [5, 5.41) is 5.75. The van der Waals surface area contributed by atoms with Crippen LogP contribution < -0.4 is 15.4 Å². The Labute approximate surface area is 198 Å². The number of benzene rings is 2. The first-order valence-corrected chi connectivity index (χ1v) is 11.6. The molecule has 34 heavy (non-hydrogen) atoms. The summed E-state index contributed by atoms with van der Waals surface area (Å²) in [6.07, 6.45) is 0.707. The van der Waals surface area contributed by atoms with E-state index in [-0.39, 0.29) is 11.8 Å². The van der Waals surface area contributed by atoms with Crippen LogP contribution >= 0.6 is 0 Å². The van der Waals surface area contributed by atoms with Gasteiger partial charge in [0.25, 0.3) is 0 Å². The maximum absolute atomic E-state index is 13.5. The second-order valence-corrected chi connectivity index (χ2v) is 8.41. The molecule has 0 radical (unpaired) electrons. The highest BCUT2D eigenvalue weighted by Gasteiger charge is 2.35. The molecule has 0 aliphatic rings. The molecule has 2 N–H and O–H groups in total. The van der Waals surface area contributed by atoms with Gasteiger partial charge in [-0.05, 0) is 54.3 Å². The van der Waals surface area contributed by atoms with Crippen LogP contribution in [0.5, 0.6) is 5.75 Å². The average Bonchev–Trinajstić information content (AvgIpc) is 2.80. The predicted molar refractivity (Wildman–Crippen MR) is 130 cm³/mol. The molecule has 1 aromatic heterocycles. The first-order chi connectivity index (χ1) is 16.3.